The lowest BCUT2D eigenvalue weighted by molar-refractivity contribution is -0.143. The van der Waals surface area contributed by atoms with Crippen LogP contribution in [0.15, 0.2) is 0 Å². The Kier molecular flexibility index (Phi) is 4.52. The maximum Gasteiger partial charge on any atom is 0.0831 e. The van der Waals surface area contributed by atoms with Gasteiger partial charge in [0.25, 0.3) is 0 Å². The highest BCUT2D eigenvalue weighted by Crippen LogP contribution is 2.22. The molecule has 15 heavy (non-hydrogen) atoms. The van der Waals surface area contributed by atoms with Crippen LogP contribution in [0.25, 0.3) is 0 Å². The van der Waals surface area contributed by atoms with E-state index in [1.807, 2.05) is 0 Å². The minimum Gasteiger partial charge on any atom is -0.383 e. The summed E-state index contributed by atoms with van der Waals surface area (Å²) in [5.41, 5.74) is 5.57. The molecule has 0 aliphatic carbocycles. The second-order valence-corrected chi connectivity index (χ2v) is 4.97. The fraction of sp³-hybridized carbons (Fsp3) is 1.00. The van der Waals surface area contributed by atoms with E-state index in [2.05, 4.69) is 25.7 Å². The van der Waals surface area contributed by atoms with Crippen molar-refractivity contribution in [3.8, 4) is 0 Å². The third-order valence-corrected chi connectivity index (χ3v) is 2.80. The molecule has 0 spiro atoms. The molecule has 0 bridgehead atoms. The summed E-state index contributed by atoms with van der Waals surface area (Å²) in [5, 5.41) is 0. The smallest absolute Gasteiger partial charge is 0.0831 e. The molecule has 1 heterocycles. The molecule has 1 rings (SSSR count). The van der Waals surface area contributed by atoms with Gasteiger partial charge in [0, 0.05) is 32.8 Å². The Morgan fingerprint density at radius 3 is 2.80 bits per heavy atom. The van der Waals surface area contributed by atoms with Crippen molar-refractivity contribution >= 4 is 0 Å². The van der Waals surface area contributed by atoms with Gasteiger partial charge in [-0.3, -0.25) is 4.90 Å². The van der Waals surface area contributed by atoms with Crippen molar-refractivity contribution in [2.24, 2.45) is 5.73 Å². The van der Waals surface area contributed by atoms with Crippen LogP contribution in [-0.4, -0.2) is 56.0 Å². The first-order valence-electron chi connectivity index (χ1n) is 5.59. The van der Waals surface area contributed by atoms with Crippen LogP contribution in [0.4, 0.5) is 0 Å². The van der Waals surface area contributed by atoms with Crippen LogP contribution in [-0.2, 0) is 9.47 Å². The van der Waals surface area contributed by atoms with E-state index >= 15 is 0 Å². The van der Waals surface area contributed by atoms with E-state index < -0.39 is 0 Å². The predicted molar refractivity (Wildman–Crippen MR) is 60.9 cm³/mol. The molecule has 0 radical (unpaired) electrons. The van der Waals surface area contributed by atoms with E-state index in [1.54, 1.807) is 7.11 Å². The van der Waals surface area contributed by atoms with Crippen molar-refractivity contribution in [2.75, 3.05) is 33.4 Å². The van der Waals surface area contributed by atoms with Crippen molar-refractivity contribution < 1.29 is 9.47 Å². The fourth-order valence-corrected chi connectivity index (χ4v) is 2.15. The summed E-state index contributed by atoms with van der Waals surface area (Å²) in [6.07, 6.45) is 0.146. The topological polar surface area (TPSA) is 47.7 Å². The van der Waals surface area contributed by atoms with Gasteiger partial charge in [-0.25, -0.2) is 0 Å². The third-order valence-electron chi connectivity index (χ3n) is 2.80. The second-order valence-electron chi connectivity index (χ2n) is 4.97. The summed E-state index contributed by atoms with van der Waals surface area (Å²) in [5.74, 6) is 0. The highest BCUT2D eigenvalue weighted by atomic mass is 16.5. The molecule has 1 saturated heterocycles. The molecule has 0 aromatic carbocycles. The molecule has 2 atom stereocenters. The minimum atomic E-state index is -0.107. The summed E-state index contributed by atoms with van der Waals surface area (Å²) >= 11 is 0. The van der Waals surface area contributed by atoms with Crippen molar-refractivity contribution in [1.82, 2.24) is 4.90 Å². The van der Waals surface area contributed by atoms with Gasteiger partial charge in [-0.2, -0.15) is 0 Å². The Labute approximate surface area is 92.7 Å². The summed E-state index contributed by atoms with van der Waals surface area (Å²) in [6, 6.07) is 0.423. The summed E-state index contributed by atoms with van der Waals surface area (Å²) in [6.45, 7) is 9.59. The van der Waals surface area contributed by atoms with Crippen LogP contribution >= 0.6 is 0 Å². The molecule has 0 amide bonds. The molecular weight excluding hydrogens is 192 g/mol. The molecule has 2 N–H and O–H groups in total. The average molecular weight is 216 g/mol. The molecular formula is C11H24N2O2. The number of morpholine rings is 1. The van der Waals surface area contributed by atoms with E-state index in [9.17, 15) is 0 Å². The average Bonchev–Trinajstić information content (AvgIpc) is 2.15. The van der Waals surface area contributed by atoms with Gasteiger partial charge in [-0.1, -0.05) is 0 Å². The van der Waals surface area contributed by atoms with E-state index in [1.165, 1.54) is 0 Å². The largest absolute Gasteiger partial charge is 0.383 e. The summed E-state index contributed by atoms with van der Waals surface area (Å²) in [7, 11) is 1.74. The first-order valence-corrected chi connectivity index (χ1v) is 5.59. The number of hydrogen-bond donors (Lipinski definition) is 1. The zero-order chi connectivity index (χ0) is 11.5. The van der Waals surface area contributed by atoms with Crippen LogP contribution in [0.1, 0.15) is 20.8 Å². The van der Waals surface area contributed by atoms with E-state index in [4.69, 9.17) is 15.2 Å². The van der Waals surface area contributed by atoms with E-state index in [0.717, 1.165) is 19.7 Å². The first kappa shape index (κ1) is 12.9. The van der Waals surface area contributed by atoms with E-state index in [-0.39, 0.29) is 11.7 Å². The maximum atomic E-state index is 5.87. The Morgan fingerprint density at radius 2 is 2.27 bits per heavy atom. The quantitative estimate of drug-likeness (QED) is 0.741. The molecule has 0 saturated carbocycles. The monoisotopic (exact) mass is 216 g/mol. The van der Waals surface area contributed by atoms with Gasteiger partial charge in [-0.15, -0.1) is 0 Å². The van der Waals surface area contributed by atoms with Crippen molar-refractivity contribution in [3.63, 3.8) is 0 Å². The number of hydrogen-bond acceptors (Lipinski definition) is 4. The normalized spacial score (nSPS) is 29.0. The van der Waals surface area contributed by atoms with Crippen molar-refractivity contribution in [2.45, 2.75) is 38.5 Å². The van der Waals surface area contributed by atoms with Crippen molar-refractivity contribution in [3.05, 3.63) is 0 Å². The summed E-state index contributed by atoms with van der Waals surface area (Å²) in [4.78, 5) is 2.39. The van der Waals surface area contributed by atoms with Gasteiger partial charge in [0.2, 0.25) is 0 Å². The predicted octanol–water partition coefficient (Wildman–Crippen LogP) is 0.459. The highest BCUT2D eigenvalue weighted by molar-refractivity contribution is 4.86. The lowest BCUT2D eigenvalue weighted by atomic mass is 10.0. The first-order chi connectivity index (χ1) is 6.98. The second kappa shape index (κ2) is 5.25. The van der Waals surface area contributed by atoms with Crippen molar-refractivity contribution in [1.29, 1.82) is 0 Å². The summed E-state index contributed by atoms with van der Waals surface area (Å²) < 4.78 is 11.1. The lowest BCUT2D eigenvalue weighted by Gasteiger charge is -2.44. The molecule has 1 fully saturated rings. The van der Waals surface area contributed by atoms with Crippen LogP contribution in [0, 0.1) is 0 Å². The third kappa shape index (κ3) is 3.72. The Morgan fingerprint density at radius 1 is 1.60 bits per heavy atom. The maximum absolute atomic E-state index is 5.87. The SMILES string of the molecule is COCC(C)N1CC(CN)OC(C)(C)C1. The van der Waals surface area contributed by atoms with Gasteiger partial charge in [0.05, 0.1) is 18.3 Å². The zero-order valence-electron chi connectivity index (χ0n) is 10.3. The molecule has 4 heteroatoms. The van der Waals surface area contributed by atoms with E-state index in [0.29, 0.717) is 12.6 Å². The molecule has 90 valence electrons. The molecule has 1 aliphatic heterocycles. The number of nitrogens with two attached hydrogens (primary N) is 1. The molecule has 2 unspecified atom stereocenters. The molecule has 0 aromatic heterocycles. The number of ether oxygens (including phenoxy) is 2. The Hall–Kier alpha value is -0.160. The standard InChI is InChI=1S/C11H24N2O2/c1-9(7-14-4)13-6-10(5-12)15-11(2,3)8-13/h9-10H,5-8,12H2,1-4H3. The van der Waals surface area contributed by atoms with Crippen LogP contribution < -0.4 is 5.73 Å². The Balaban J connectivity index is 2.57. The van der Waals surface area contributed by atoms with Gasteiger partial charge in [-0.05, 0) is 20.8 Å². The molecule has 1 aliphatic rings. The van der Waals surface area contributed by atoms with Gasteiger partial charge in [0.15, 0.2) is 0 Å². The zero-order valence-corrected chi connectivity index (χ0v) is 10.3. The lowest BCUT2D eigenvalue weighted by Crippen LogP contribution is -2.57. The van der Waals surface area contributed by atoms with Crippen LogP contribution in [0.2, 0.25) is 0 Å². The molecule has 0 aromatic rings. The number of rotatable bonds is 4. The minimum absolute atomic E-state index is 0.107. The number of methoxy groups -OCH3 is 1. The highest BCUT2D eigenvalue weighted by Gasteiger charge is 2.34. The van der Waals surface area contributed by atoms with Gasteiger partial charge in [0.1, 0.15) is 0 Å². The van der Waals surface area contributed by atoms with Crippen LogP contribution in [0.3, 0.4) is 0 Å². The number of nitrogens with zero attached hydrogens (tertiary/aromatic N) is 1. The van der Waals surface area contributed by atoms with Gasteiger partial charge < -0.3 is 15.2 Å². The van der Waals surface area contributed by atoms with Gasteiger partial charge >= 0.3 is 0 Å². The van der Waals surface area contributed by atoms with Crippen LogP contribution in [0.5, 0.6) is 0 Å². The fourth-order valence-electron chi connectivity index (χ4n) is 2.15. The Bertz CT molecular complexity index is 197. The molecule has 4 nitrogen and oxygen atoms in total.